The molecule has 0 unspecified atom stereocenters. The minimum Gasteiger partial charge on any atom is -0.456 e. The minimum atomic E-state index is -0.160. The molecule has 0 saturated heterocycles. The Morgan fingerprint density at radius 2 is 0.854 bits per heavy atom. The topological polar surface area (TPSA) is 9.23 Å². The third-order valence-corrected chi connectivity index (χ3v) is 9.06. The van der Waals surface area contributed by atoms with Gasteiger partial charge >= 0.3 is 0 Å². The maximum Gasteiger partial charge on any atom is 0.139 e. The van der Waals surface area contributed by atoms with Crippen molar-refractivity contribution in [1.29, 1.82) is 0 Å². The van der Waals surface area contributed by atoms with Gasteiger partial charge in [-0.3, -0.25) is 0 Å². The molecule has 0 bridgehead atoms. The number of hydrogen-bond acceptors (Lipinski definition) is 1. The van der Waals surface area contributed by atoms with Crippen LogP contribution < -0.4 is 4.74 Å². The third kappa shape index (κ3) is 3.49. The Morgan fingerprint density at radius 1 is 0.415 bits per heavy atom. The fourth-order valence-electron chi connectivity index (χ4n) is 6.98. The van der Waals surface area contributed by atoms with E-state index in [2.05, 4.69) is 148 Å². The lowest BCUT2D eigenvalue weighted by molar-refractivity contribution is 0.419. The Morgan fingerprint density at radius 3 is 1.44 bits per heavy atom. The van der Waals surface area contributed by atoms with E-state index >= 15 is 0 Å². The maximum absolute atomic E-state index is 6.71. The highest BCUT2D eigenvalue weighted by Crippen LogP contribution is 2.53. The van der Waals surface area contributed by atoms with E-state index in [0.29, 0.717) is 0 Å². The first-order valence-corrected chi connectivity index (χ1v) is 14.4. The largest absolute Gasteiger partial charge is 0.456 e. The summed E-state index contributed by atoms with van der Waals surface area (Å²) in [6.07, 6.45) is 0. The van der Waals surface area contributed by atoms with E-state index in [1.807, 2.05) is 0 Å². The van der Waals surface area contributed by atoms with E-state index in [-0.39, 0.29) is 5.41 Å². The van der Waals surface area contributed by atoms with E-state index in [4.69, 9.17) is 4.74 Å². The summed E-state index contributed by atoms with van der Waals surface area (Å²) in [6.45, 7) is 6.84. The molecule has 0 amide bonds. The molecule has 1 heterocycles. The normalized spacial score (nSPS) is 13.6. The summed E-state index contributed by atoms with van der Waals surface area (Å²) in [5.41, 5.74) is 16.0. The molecule has 0 fully saturated rings. The lowest BCUT2D eigenvalue weighted by Gasteiger charge is -2.35. The summed E-state index contributed by atoms with van der Waals surface area (Å²) in [5.74, 6) is 1.90. The zero-order valence-electron chi connectivity index (χ0n) is 23.5. The molecule has 0 saturated carbocycles. The average molecular weight is 527 g/mol. The molecular weight excluding hydrogens is 496 g/mol. The molecule has 0 aromatic heterocycles. The second kappa shape index (κ2) is 8.81. The van der Waals surface area contributed by atoms with Gasteiger partial charge in [0.25, 0.3) is 0 Å². The monoisotopic (exact) mass is 526 g/mol. The van der Waals surface area contributed by atoms with Crippen molar-refractivity contribution in [3.63, 3.8) is 0 Å². The second-order valence-electron chi connectivity index (χ2n) is 11.8. The highest BCUT2D eigenvalue weighted by molar-refractivity contribution is 6.04. The van der Waals surface area contributed by atoms with Gasteiger partial charge < -0.3 is 4.74 Å². The van der Waals surface area contributed by atoms with Crippen LogP contribution >= 0.6 is 0 Å². The van der Waals surface area contributed by atoms with Crippen LogP contribution in [-0.2, 0) is 5.41 Å². The van der Waals surface area contributed by atoms with Crippen LogP contribution in [-0.4, -0.2) is 0 Å². The molecule has 0 atom stereocenters. The average Bonchev–Trinajstić information content (AvgIpc) is 3.00. The Balaban J connectivity index is 1.42. The van der Waals surface area contributed by atoms with E-state index < -0.39 is 0 Å². The molecule has 1 aliphatic heterocycles. The Labute approximate surface area is 241 Å². The van der Waals surface area contributed by atoms with Crippen molar-refractivity contribution >= 4 is 0 Å². The number of fused-ring (bicyclic) bond motifs is 10. The maximum atomic E-state index is 6.71. The van der Waals surface area contributed by atoms with Crippen LogP contribution in [0.5, 0.6) is 11.5 Å². The molecule has 0 N–H and O–H groups in total. The molecule has 8 rings (SSSR count). The predicted octanol–water partition coefficient (Wildman–Crippen LogP) is 11.1. The van der Waals surface area contributed by atoms with Crippen molar-refractivity contribution in [2.75, 3.05) is 0 Å². The molecule has 41 heavy (non-hydrogen) atoms. The van der Waals surface area contributed by atoms with Crippen molar-refractivity contribution in [3.05, 3.63) is 144 Å². The van der Waals surface area contributed by atoms with Gasteiger partial charge in [0.05, 0.1) is 0 Å². The fourth-order valence-corrected chi connectivity index (χ4v) is 6.98. The van der Waals surface area contributed by atoms with Gasteiger partial charge in [-0.15, -0.1) is 0 Å². The Hall–Kier alpha value is -4.88. The number of ether oxygens (including phenoxy) is 1. The summed E-state index contributed by atoms with van der Waals surface area (Å²) in [7, 11) is 0. The van der Waals surface area contributed by atoms with Crippen LogP contribution in [0.2, 0.25) is 0 Å². The number of para-hydroxylation sites is 2. The van der Waals surface area contributed by atoms with E-state index in [1.54, 1.807) is 0 Å². The van der Waals surface area contributed by atoms with Gasteiger partial charge in [-0.1, -0.05) is 129 Å². The number of hydrogen-bond donors (Lipinski definition) is 0. The van der Waals surface area contributed by atoms with Gasteiger partial charge in [0, 0.05) is 22.1 Å². The molecule has 6 aromatic carbocycles. The van der Waals surface area contributed by atoms with Gasteiger partial charge in [-0.25, -0.2) is 0 Å². The third-order valence-electron chi connectivity index (χ3n) is 9.06. The molecule has 2 aliphatic rings. The summed E-state index contributed by atoms with van der Waals surface area (Å²) < 4.78 is 6.71. The van der Waals surface area contributed by atoms with Gasteiger partial charge in [-0.05, 0) is 74.7 Å². The molecule has 196 valence electrons. The highest BCUT2D eigenvalue weighted by atomic mass is 16.5. The smallest absolute Gasteiger partial charge is 0.139 e. The first kappa shape index (κ1) is 24.0. The molecule has 6 aromatic rings. The standard InChI is InChI=1S/C40H30O/c1-25-23-34-30-17-8-6-15-28(30)26-13-4-5-14-27(26)29-16-7-9-18-31(29)35(34)24-33(25)32-19-12-21-37-39(32)41-38-22-11-10-20-36(38)40(37,2)3/h4-24H,1-3H3. The summed E-state index contributed by atoms with van der Waals surface area (Å²) in [4.78, 5) is 0. The molecule has 1 aliphatic carbocycles. The molecule has 1 nitrogen and oxygen atoms in total. The van der Waals surface area contributed by atoms with Gasteiger partial charge in [0.15, 0.2) is 0 Å². The SMILES string of the molecule is Cc1cc2c(cc1-c1cccc3c1Oc1ccccc1C3(C)C)-c1ccccc1-c1ccccc1-c1ccccc1-2. The number of aryl methyl sites for hydroxylation is 1. The van der Waals surface area contributed by atoms with Crippen LogP contribution in [0.3, 0.4) is 0 Å². The number of benzene rings is 6. The van der Waals surface area contributed by atoms with Crippen molar-refractivity contribution in [3.8, 4) is 67.1 Å². The lowest BCUT2D eigenvalue weighted by Crippen LogP contribution is -2.24. The van der Waals surface area contributed by atoms with Gasteiger partial charge in [0.1, 0.15) is 11.5 Å². The summed E-state index contributed by atoms with van der Waals surface area (Å²) in [6, 6.07) is 46.3. The van der Waals surface area contributed by atoms with Crippen LogP contribution in [0.15, 0.2) is 127 Å². The Bertz CT molecular complexity index is 2010. The second-order valence-corrected chi connectivity index (χ2v) is 11.8. The first-order valence-electron chi connectivity index (χ1n) is 14.4. The van der Waals surface area contributed by atoms with Crippen LogP contribution in [0.25, 0.3) is 55.6 Å². The van der Waals surface area contributed by atoms with Crippen molar-refractivity contribution in [2.45, 2.75) is 26.2 Å². The number of rotatable bonds is 1. The van der Waals surface area contributed by atoms with E-state index in [0.717, 1.165) is 17.1 Å². The van der Waals surface area contributed by atoms with Crippen LogP contribution in [0.1, 0.15) is 30.5 Å². The van der Waals surface area contributed by atoms with Crippen molar-refractivity contribution in [2.24, 2.45) is 0 Å². The zero-order chi connectivity index (χ0) is 27.7. The fraction of sp³-hybridized carbons (Fsp3) is 0.100. The molecule has 1 heteroatoms. The molecular formula is C40H30O. The molecule has 0 radical (unpaired) electrons. The highest BCUT2D eigenvalue weighted by Gasteiger charge is 2.35. The summed E-state index contributed by atoms with van der Waals surface area (Å²) >= 11 is 0. The van der Waals surface area contributed by atoms with E-state index in [1.165, 1.54) is 66.8 Å². The summed E-state index contributed by atoms with van der Waals surface area (Å²) in [5, 5.41) is 0. The quantitative estimate of drug-likeness (QED) is 0.207. The van der Waals surface area contributed by atoms with E-state index in [9.17, 15) is 0 Å². The van der Waals surface area contributed by atoms with Crippen LogP contribution in [0, 0.1) is 6.92 Å². The lowest BCUT2D eigenvalue weighted by atomic mass is 9.74. The minimum absolute atomic E-state index is 0.160. The predicted molar refractivity (Wildman–Crippen MR) is 171 cm³/mol. The molecule has 0 spiro atoms. The zero-order valence-corrected chi connectivity index (χ0v) is 23.5. The van der Waals surface area contributed by atoms with Crippen molar-refractivity contribution in [1.82, 2.24) is 0 Å². The van der Waals surface area contributed by atoms with Crippen LogP contribution in [0.4, 0.5) is 0 Å². The Kier molecular flexibility index (Phi) is 5.15. The first-order chi connectivity index (χ1) is 20.0. The van der Waals surface area contributed by atoms with Gasteiger partial charge in [-0.2, -0.15) is 0 Å². The van der Waals surface area contributed by atoms with Gasteiger partial charge in [0.2, 0.25) is 0 Å². The van der Waals surface area contributed by atoms with Crippen molar-refractivity contribution < 1.29 is 4.74 Å².